The van der Waals surface area contributed by atoms with Gasteiger partial charge in [-0.3, -0.25) is 4.79 Å². The van der Waals surface area contributed by atoms with E-state index in [0.717, 1.165) is 21.9 Å². The summed E-state index contributed by atoms with van der Waals surface area (Å²) in [6.07, 6.45) is 0.420. The third-order valence-electron chi connectivity index (χ3n) is 4.00. The Morgan fingerprint density at radius 2 is 2.00 bits per heavy atom. The van der Waals surface area contributed by atoms with E-state index in [2.05, 4.69) is 5.10 Å². The first kappa shape index (κ1) is 14.6. The van der Waals surface area contributed by atoms with Gasteiger partial charge in [-0.15, -0.1) is 11.8 Å². The summed E-state index contributed by atoms with van der Waals surface area (Å²) in [5.74, 6) is 1.11. The normalized spacial score (nSPS) is 19.9. The summed E-state index contributed by atoms with van der Waals surface area (Å²) < 4.78 is 0. The Morgan fingerprint density at radius 1 is 1.22 bits per heavy atom. The number of aromatic hydroxyl groups is 1. The van der Waals surface area contributed by atoms with E-state index in [4.69, 9.17) is 11.6 Å². The van der Waals surface area contributed by atoms with Gasteiger partial charge in [0.15, 0.2) is 0 Å². The van der Waals surface area contributed by atoms with Gasteiger partial charge in [0.25, 0.3) is 0 Å². The van der Waals surface area contributed by atoms with Crippen molar-refractivity contribution in [1.82, 2.24) is 0 Å². The number of carbonyl (C=O) groups is 1. The Labute approximate surface area is 142 Å². The second kappa shape index (κ2) is 5.58. The van der Waals surface area contributed by atoms with E-state index < -0.39 is 0 Å². The third-order valence-corrected chi connectivity index (χ3v) is 5.49. The van der Waals surface area contributed by atoms with E-state index in [9.17, 15) is 9.90 Å². The van der Waals surface area contributed by atoms with Crippen LogP contribution in [0.1, 0.15) is 12.0 Å². The molecule has 2 heterocycles. The van der Waals surface area contributed by atoms with Gasteiger partial charge < -0.3 is 5.11 Å². The maximum atomic E-state index is 12.4. The zero-order valence-electron chi connectivity index (χ0n) is 12.1. The van der Waals surface area contributed by atoms with Crippen molar-refractivity contribution < 1.29 is 9.90 Å². The number of thioether (sulfide) groups is 1. The third kappa shape index (κ3) is 2.60. The lowest BCUT2D eigenvalue weighted by molar-refractivity contribution is -0.119. The number of halogens is 1. The second-order valence-corrected chi connectivity index (χ2v) is 7.06. The van der Waals surface area contributed by atoms with Crippen molar-refractivity contribution in [3.8, 4) is 5.75 Å². The van der Waals surface area contributed by atoms with E-state index in [-0.39, 0.29) is 17.6 Å². The van der Waals surface area contributed by atoms with Crippen LogP contribution in [0.2, 0.25) is 5.02 Å². The van der Waals surface area contributed by atoms with Crippen LogP contribution in [-0.2, 0) is 4.79 Å². The molecule has 1 amide bonds. The smallest absolute Gasteiger partial charge is 0.248 e. The monoisotopic (exact) mass is 344 g/mol. The van der Waals surface area contributed by atoms with E-state index >= 15 is 0 Å². The van der Waals surface area contributed by atoms with Gasteiger partial charge in [-0.2, -0.15) is 5.10 Å². The number of phenolic OH excluding ortho intramolecular Hbond substituents is 1. The van der Waals surface area contributed by atoms with Gasteiger partial charge in [-0.05, 0) is 42.5 Å². The minimum absolute atomic E-state index is 0.0229. The number of hydrazone groups is 1. The van der Waals surface area contributed by atoms with Crippen molar-refractivity contribution in [2.45, 2.75) is 11.3 Å². The van der Waals surface area contributed by atoms with Gasteiger partial charge in [0.2, 0.25) is 5.91 Å². The maximum absolute atomic E-state index is 12.4. The van der Waals surface area contributed by atoms with Crippen molar-refractivity contribution in [2.75, 3.05) is 10.8 Å². The molecule has 0 aliphatic carbocycles. The molecule has 6 heteroatoms. The minimum atomic E-state index is -0.0229. The molecule has 1 atom stereocenters. The summed E-state index contributed by atoms with van der Waals surface area (Å²) in [5.41, 5.74) is 2.48. The Hall–Kier alpha value is -1.98. The molecule has 0 saturated carbocycles. The molecule has 1 unspecified atom stereocenters. The van der Waals surface area contributed by atoms with E-state index in [1.165, 1.54) is 5.01 Å². The lowest BCUT2D eigenvalue weighted by atomic mass is 9.92. The number of phenols is 1. The van der Waals surface area contributed by atoms with Crippen LogP contribution in [-0.4, -0.2) is 22.5 Å². The SMILES string of the molecule is O=C1CC2CSc3ccc(O)cc3C2=NN1c1ccc(Cl)cc1. The molecule has 0 aromatic heterocycles. The zero-order chi connectivity index (χ0) is 16.0. The Morgan fingerprint density at radius 3 is 2.78 bits per heavy atom. The van der Waals surface area contributed by atoms with Gasteiger partial charge >= 0.3 is 0 Å². The Bertz CT molecular complexity index is 820. The first-order valence-electron chi connectivity index (χ1n) is 7.25. The van der Waals surface area contributed by atoms with Crippen LogP contribution in [0.3, 0.4) is 0 Å². The molecule has 4 nitrogen and oxygen atoms in total. The Balaban J connectivity index is 1.81. The van der Waals surface area contributed by atoms with Crippen molar-refractivity contribution in [1.29, 1.82) is 0 Å². The fourth-order valence-electron chi connectivity index (χ4n) is 2.87. The highest BCUT2D eigenvalue weighted by molar-refractivity contribution is 7.99. The summed E-state index contributed by atoms with van der Waals surface area (Å²) in [7, 11) is 0. The minimum Gasteiger partial charge on any atom is -0.508 e. The maximum Gasteiger partial charge on any atom is 0.248 e. The Kier molecular flexibility index (Phi) is 3.54. The van der Waals surface area contributed by atoms with Crippen LogP contribution >= 0.6 is 23.4 Å². The fourth-order valence-corrected chi connectivity index (χ4v) is 4.13. The molecule has 0 radical (unpaired) electrons. The second-order valence-electron chi connectivity index (χ2n) is 5.56. The van der Waals surface area contributed by atoms with Crippen LogP contribution < -0.4 is 5.01 Å². The standard InChI is InChI=1S/C17H13ClN2O2S/c18-11-1-3-12(4-2-11)20-16(22)7-10-9-23-15-6-5-13(21)8-14(15)17(10)19-20/h1-6,8,10,21H,7,9H2. The molecular formula is C17H13ClN2O2S. The predicted molar refractivity (Wildman–Crippen MR) is 92.4 cm³/mol. The van der Waals surface area contributed by atoms with Crippen LogP contribution in [0.4, 0.5) is 5.69 Å². The van der Waals surface area contributed by atoms with Gasteiger partial charge in [0, 0.05) is 33.6 Å². The first-order valence-corrected chi connectivity index (χ1v) is 8.61. The molecular weight excluding hydrogens is 332 g/mol. The van der Waals surface area contributed by atoms with Crippen molar-refractivity contribution in [3.63, 3.8) is 0 Å². The number of anilines is 1. The quantitative estimate of drug-likeness (QED) is 0.853. The van der Waals surface area contributed by atoms with Crippen molar-refractivity contribution in [2.24, 2.45) is 11.0 Å². The van der Waals surface area contributed by atoms with Crippen LogP contribution in [0.5, 0.6) is 5.75 Å². The molecule has 2 aliphatic heterocycles. The van der Waals surface area contributed by atoms with Crippen LogP contribution in [0.15, 0.2) is 52.5 Å². The fraction of sp³-hybridized carbons (Fsp3) is 0.176. The molecule has 0 bridgehead atoms. The first-order chi connectivity index (χ1) is 11.1. The van der Waals surface area contributed by atoms with Gasteiger partial charge in [-0.1, -0.05) is 11.6 Å². The molecule has 0 spiro atoms. The summed E-state index contributed by atoms with van der Waals surface area (Å²) in [6.45, 7) is 0. The van der Waals surface area contributed by atoms with Crippen molar-refractivity contribution >= 4 is 40.7 Å². The highest BCUT2D eigenvalue weighted by atomic mass is 35.5. The highest BCUT2D eigenvalue weighted by Crippen LogP contribution is 2.39. The molecule has 2 aromatic carbocycles. The van der Waals surface area contributed by atoms with E-state index in [0.29, 0.717) is 17.1 Å². The molecule has 0 fully saturated rings. The number of rotatable bonds is 1. The van der Waals surface area contributed by atoms with Gasteiger partial charge in [-0.25, -0.2) is 5.01 Å². The number of fused-ring (bicyclic) bond motifs is 3. The number of hydrogen-bond donors (Lipinski definition) is 1. The topological polar surface area (TPSA) is 52.9 Å². The number of benzene rings is 2. The number of amides is 1. The molecule has 23 heavy (non-hydrogen) atoms. The summed E-state index contributed by atoms with van der Waals surface area (Å²) >= 11 is 7.62. The van der Waals surface area contributed by atoms with E-state index in [1.54, 1.807) is 48.2 Å². The molecule has 2 aromatic rings. The lowest BCUT2D eigenvalue weighted by Crippen LogP contribution is -2.39. The van der Waals surface area contributed by atoms with Gasteiger partial charge in [0.05, 0.1) is 11.4 Å². The molecule has 4 rings (SSSR count). The average Bonchev–Trinajstić information content (AvgIpc) is 2.55. The molecule has 1 N–H and O–H groups in total. The summed E-state index contributed by atoms with van der Waals surface area (Å²) in [6, 6.07) is 12.4. The molecule has 116 valence electrons. The zero-order valence-corrected chi connectivity index (χ0v) is 13.6. The van der Waals surface area contributed by atoms with Crippen molar-refractivity contribution in [3.05, 3.63) is 53.1 Å². The summed E-state index contributed by atoms with van der Waals surface area (Å²) in [5, 5.41) is 16.4. The lowest BCUT2D eigenvalue weighted by Gasteiger charge is -2.33. The molecule has 2 aliphatic rings. The average molecular weight is 345 g/mol. The number of nitrogens with zero attached hydrogens (tertiary/aromatic N) is 2. The van der Waals surface area contributed by atoms with Gasteiger partial charge in [0.1, 0.15) is 5.75 Å². The van der Waals surface area contributed by atoms with Crippen LogP contribution in [0, 0.1) is 5.92 Å². The largest absolute Gasteiger partial charge is 0.508 e. The highest BCUT2D eigenvalue weighted by Gasteiger charge is 2.35. The van der Waals surface area contributed by atoms with Crippen LogP contribution in [0.25, 0.3) is 0 Å². The number of carbonyl (C=O) groups excluding carboxylic acids is 1. The molecule has 0 saturated heterocycles. The predicted octanol–water partition coefficient (Wildman–Crippen LogP) is 3.91. The van der Waals surface area contributed by atoms with E-state index in [1.807, 2.05) is 6.07 Å². The number of hydrogen-bond acceptors (Lipinski definition) is 4. The summed E-state index contributed by atoms with van der Waals surface area (Å²) in [4.78, 5) is 13.5.